The van der Waals surface area contributed by atoms with Gasteiger partial charge >= 0.3 is 0 Å². The first-order chi connectivity index (χ1) is 9.52. The number of aryl methyl sites for hydroxylation is 1. The summed E-state index contributed by atoms with van der Waals surface area (Å²) in [6.45, 7) is 1.92. The fourth-order valence-electron chi connectivity index (χ4n) is 1.96. The van der Waals surface area contributed by atoms with Gasteiger partial charge in [-0.2, -0.15) is 0 Å². The standard InChI is InChI=1S/C15H14F2N2O/c1-2-9-5-3-4-6-11(9)15(20)19-14-12(17)7-10(16)8-13(14)18/h3-8H,2,18H2,1H3,(H,19,20). The smallest absolute Gasteiger partial charge is 0.256 e. The molecule has 2 rings (SSSR count). The fraction of sp³-hybridized carbons (Fsp3) is 0.133. The molecule has 0 aliphatic rings. The Morgan fingerprint density at radius 2 is 1.95 bits per heavy atom. The van der Waals surface area contributed by atoms with Crippen LogP contribution in [0.1, 0.15) is 22.8 Å². The van der Waals surface area contributed by atoms with Crippen LogP contribution in [0.5, 0.6) is 0 Å². The number of nitrogens with one attached hydrogen (secondary N) is 1. The van der Waals surface area contributed by atoms with Crippen LogP contribution in [-0.2, 0) is 6.42 Å². The van der Waals surface area contributed by atoms with Gasteiger partial charge in [-0.25, -0.2) is 8.78 Å². The van der Waals surface area contributed by atoms with Crippen LogP contribution in [0.3, 0.4) is 0 Å². The van der Waals surface area contributed by atoms with Gasteiger partial charge in [0.25, 0.3) is 5.91 Å². The Morgan fingerprint density at radius 1 is 1.25 bits per heavy atom. The quantitative estimate of drug-likeness (QED) is 0.844. The highest BCUT2D eigenvalue weighted by molar-refractivity contribution is 6.06. The van der Waals surface area contributed by atoms with Gasteiger partial charge in [-0.1, -0.05) is 25.1 Å². The third-order valence-electron chi connectivity index (χ3n) is 2.97. The molecule has 0 saturated heterocycles. The summed E-state index contributed by atoms with van der Waals surface area (Å²) >= 11 is 0. The first-order valence-corrected chi connectivity index (χ1v) is 6.16. The molecule has 0 spiro atoms. The summed E-state index contributed by atoms with van der Waals surface area (Å²) in [5.74, 6) is -2.16. The van der Waals surface area contributed by atoms with Crippen LogP contribution in [0.15, 0.2) is 36.4 Å². The van der Waals surface area contributed by atoms with E-state index in [0.717, 1.165) is 11.6 Å². The van der Waals surface area contributed by atoms with Crippen LogP contribution < -0.4 is 11.1 Å². The predicted molar refractivity (Wildman–Crippen MR) is 74.5 cm³/mol. The number of benzene rings is 2. The lowest BCUT2D eigenvalue weighted by Gasteiger charge is -2.11. The van der Waals surface area contributed by atoms with E-state index in [9.17, 15) is 13.6 Å². The number of carbonyl (C=O) groups excluding carboxylic acids is 1. The van der Waals surface area contributed by atoms with Crippen molar-refractivity contribution >= 4 is 17.3 Å². The van der Waals surface area contributed by atoms with Crippen molar-refractivity contribution in [1.29, 1.82) is 0 Å². The van der Waals surface area contributed by atoms with Crippen molar-refractivity contribution in [3.8, 4) is 0 Å². The van der Waals surface area contributed by atoms with Crippen LogP contribution in [-0.4, -0.2) is 5.91 Å². The first kappa shape index (κ1) is 14.0. The first-order valence-electron chi connectivity index (χ1n) is 6.16. The number of halogens is 2. The topological polar surface area (TPSA) is 55.1 Å². The number of carbonyl (C=O) groups is 1. The number of rotatable bonds is 3. The molecule has 0 aliphatic carbocycles. The maximum absolute atomic E-state index is 13.6. The van der Waals surface area contributed by atoms with Gasteiger partial charge in [-0.15, -0.1) is 0 Å². The summed E-state index contributed by atoms with van der Waals surface area (Å²) in [5, 5.41) is 2.39. The minimum absolute atomic E-state index is 0.148. The summed E-state index contributed by atoms with van der Waals surface area (Å²) in [4.78, 5) is 12.2. The molecule has 0 aliphatic heterocycles. The molecule has 0 radical (unpaired) electrons. The maximum Gasteiger partial charge on any atom is 0.256 e. The van der Waals surface area contributed by atoms with Crippen molar-refractivity contribution in [2.45, 2.75) is 13.3 Å². The van der Waals surface area contributed by atoms with Gasteiger partial charge in [0.2, 0.25) is 0 Å². The molecule has 0 unspecified atom stereocenters. The third kappa shape index (κ3) is 2.77. The molecule has 20 heavy (non-hydrogen) atoms. The van der Waals surface area contributed by atoms with E-state index < -0.39 is 17.5 Å². The molecule has 2 aromatic carbocycles. The highest BCUT2D eigenvalue weighted by Crippen LogP contribution is 2.24. The number of nitrogens with two attached hydrogens (primary N) is 1. The molecular formula is C15H14F2N2O. The average Bonchev–Trinajstić information content (AvgIpc) is 2.42. The molecule has 0 heterocycles. The minimum Gasteiger partial charge on any atom is -0.397 e. The summed E-state index contributed by atoms with van der Waals surface area (Å²) in [6, 6.07) is 8.65. The van der Waals surface area contributed by atoms with Crippen LogP contribution in [0.25, 0.3) is 0 Å². The zero-order valence-electron chi connectivity index (χ0n) is 10.9. The Bertz CT molecular complexity index is 633. The summed E-state index contributed by atoms with van der Waals surface area (Å²) in [5.41, 5.74) is 6.45. The van der Waals surface area contributed by atoms with Crippen LogP contribution in [0.4, 0.5) is 20.2 Å². The van der Waals surface area contributed by atoms with Gasteiger partial charge in [-0.3, -0.25) is 4.79 Å². The lowest BCUT2D eigenvalue weighted by atomic mass is 10.0. The average molecular weight is 276 g/mol. The molecular weight excluding hydrogens is 262 g/mol. The molecule has 0 atom stereocenters. The number of amides is 1. The molecule has 0 aromatic heterocycles. The Hall–Kier alpha value is -2.43. The number of anilines is 2. The Labute approximate surface area is 115 Å². The van der Waals surface area contributed by atoms with E-state index >= 15 is 0 Å². The van der Waals surface area contributed by atoms with Crippen molar-refractivity contribution in [2.24, 2.45) is 0 Å². The highest BCUT2D eigenvalue weighted by atomic mass is 19.1. The molecule has 1 amide bonds. The van der Waals surface area contributed by atoms with E-state index in [-0.39, 0.29) is 11.4 Å². The van der Waals surface area contributed by atoms with Crippen LogP contribution in [0, 0.1) is 11.6 Å². The normalized spacial score (nSPS) is 10.3. The van der Waals surface area contributed by atoms with Crippen molar-refractivity contribution in [3.05, 3.63) is 59.2 Å². The fourth-order valence-corrected chi connectivity index (χ4v) is 1.96. The van der Waals surface area contributed by atoms with Crippen LogP contribution in [0.2, 0.25) is 0 Å². The molecule has 104 valence electrons. The van der Waals surface area contributed by atoms with E-state index in [1.807, 2.05) is 19.1 Å². The monoisotopic (exact) mass is 276 g/mol. The lowest BCUT2D eigenvalue weighted by Crippen LogP contribution is -2.16. The van der Waals surface area contributed by atoms with Crippen LogP contribution >= 0.6 is 0 Å². The van der Waals surface area contributed by atoms with Gasteiger partial charge in [0, 0.05) is 11.6 Å². The van der Waals surface area contributed by atoms with Crippen molar-refractivity contribution in [3.63, 3.8) is 0 Å². The third-order valence-corrected chi connectivity index (χ3v) is 2.97. The molecule has 3 nitrogen and oxygen atoms in total. The predicted octanol–water partition coefficient (Wildman–Crippen LogP) is 3.36. The van der Waals surface area contributed by atoms with Crippen molar-refractivity contribution in [2.75, 3.05) is 11.1 Å². The highest BCUT2D eigenvalue weighted by Gasteiger charge is 2.15. The molecule has 0 bridgehead atoms. The van der Waals surface area contributed by atoms with Gasteiger partial charge in [0.05, 0.1) is 5.69 Å². The zero-order valence-corrected chi connectivity index (χ0v) is 10.9. The van der Waals surface area contributed by atoms with E-state index in [4.69, 9.17) is 5.73 Å². The van der Waals surface area contributed by atoms with Gasteiger partial charge in [0.15, 0.2) is 5.82 Å². The van der Waals surface area contributed by atoms with E-state index in [0.29, 0.717) is 18.1 Å². The van der Waals surface area contributed by atoms with Crippen molar-refractivity contribution in [1.82, 2.24) is 0 Å². The zero-order chi connectivity index (χ0) is 14.7. The second-order valence-corrected chi connectivity index (χ2v) is 4.32. The summed E-state index contributed by atoms with van der Waals surface area (Å²) < 4.78 is 26.6. The Kier molecular flexibility index (Phi) is 3.98. The van der Waals surface area contributed by atoms with Gasteiger partial charge in [0.1, 0.15) is 11.5 Å². The van der Waals surface area contributed by atoms with Gasteiger partial charge < -0.3 is 11.1 Å². The SMILES string of the molecule is CCc1ccccc1C(=O)Nc1c(N)cc(F)cc1F. The van der Waals surface area contributed by atoms with E-state index in [1.54, 1.807) is 12.1 Å². The molecule has 2 aromatic rings. The molecule has 3 N–H and O–H groups in total. The second kappa shape index (κ2) is 5.69. The Balaban J connectivity index is 2.33. The van der Waals surface area contributed by atoms with Gasteiger partial charge in [-0.05, 0) is 24.1 Å². The number of hydrogen-bond donors (Lipinski definition) is 2. The largest absolute Gasteiger partial charge is 0.397 e. The second-order valence-electron chi connectivity index (χ2n) is 4.32. The van der Waals surface area contributed by atoms with Crippen molar-refractivity contribution < 1.29 is 13.6 Å². The molecule has 5 heteroatoms. The maximum atomic E-state index is 13.6. The lowest BCUT2D eigenvalue weighted by molar-refractivity contribution is 0.102. The number of hydrogen-bond acceptors (Lipinski definition) is 2. The van der Waals surface area contributed by atoms with E-state index in [2.05, 4.69) is 5.32 Å². The Morgan fingerprint density at radius 3 is 2.60 bits per heavy atom. The summed E-state index contributed by atoms with van der Waals surface area (Å²) in [7, 11) is 0. The molecule has 0 fully saturated rings. The summed E-state index contributed by atoms with van der Waals surface area (Å²) in [6.07, 6.45) is 0.672. The number of nitrogen functional groups attached to an aromatic ring is 1. The molecule has 0 saturated carbocycles. The minimum atomic E-state index is -0.898. The van der Waals surface area contributed by atoms with E-state index in [1.165, 1.54) is 0 Å².